The number of amides is 2. The van der Waals surface area contributed by atoms with Crippen LogP contribution in [0.25, 0.3) is 0 Å². The van der Waals surface area contributed by atoms with Crippen molar-refractivity contribution in [2.24, 2.45) is 0 Å². The summed E-state index contributed by atoms with van der Waals surface area (Å²) in [6, 6.07) is 18.7. The van der Waals surface area contributed by atoms with Gasteiger partial charge in [0, 0.05) is 13.6 Å². The minimum Gasteiger partial charge on any atom is -0.357 e. The molecule has 1 unspecified atom stereocenters. The molecule has 0 fully saturated rings. The Morgan fingerprint density at radius 3 is 2.14 bits per heavy atom. The quantitative estimate of drug-likeness (QED) is 0.455. The number of nitrogens with zero attached hydrogens (tertiary/aromatic N) is 2. The van der Waals surface area contributed by atoms with Gasteiger partial charge in [0.05, 0.1) is 10.6 Å². The number of sulfonamides is 1. The zero-order valence-electron chi connectivity index (χ0n) is 22.3. The van der Waals surface area contributed by atoms with Gasteiger partial charge >= 0.3 is 0 Å². The zero-order valence-corrected chi connectivity index (χ0v) is 23.1. The van der Waals surface area contributed by atoms with Crippen LogP contribution in [-0.4, -0.2) is 44.8 Å². The van der Waals surface area contributed by atoms with Gasteiger partial charge in [-0.15, -0.1) is 0 Å². The molecule has 0 bridgehead atoms. The van der Waals surface area contributed by atoms with Crippen molar-refractivity contribution in [3.8, 4) is 0 Å². The van der Waals surface area contributed by atoms with Crippen molar-refractivity contribution in [2.45, 2.75) is 52.1 Å². The van der Waals surface area contributed by atoms with Crippen molar-refractivity contribution in [1.82, 2.24) is 10.2 Å². The molecule has 1 atom stereocenters. The van der Waals surface area contributed by atoms with Crippen LogP contribution in [0, 0.1) is 27.7 Å². The third-order valence-electron chi connectivity index (χ3n) is 6.52. The lowest BCUT2D eigenvalue weighted by Crippen LogP contribution is -2.50. The van der Waals surface area contributed by atoms with Crippen LogP contribution in [0.15, 0.2) is 71.6 Å². The monoisotopic (exact) mass is 521 g/mol. The molecular formula is C29H35N3O4S. The smallest absolute Gasteiger partial charge is 0.264 e. The van der Waals surface area contributed by atoms with Gasteiger partial charge in [0.2, 0.25) is 11.8 Å². The summed E-state index contributed by atoms with van der Waals surface area (Å²) < 4.78 is 28.8. The number of hydrogen-bond donors (Lipinski definition) is 1. The Hall–Kier alpha value is -3.65. The summed E-state index contributed by atoms with van der Waals surface area (Å²) in [5.41, 5.74) is 5.11. The van der Waals surface area contributed by atoms with Crippen LogP contribution in [0.1, 0.15) is 34.7 Å². The Labute approximate surface area is 220 Å². The maximum atomic E-state index is 13.8. The van der Waals surface area contributed by atoms with Gasteiger partial charge in [-0.25, -0.2) is 8.42 Å². The van der Waals surface area contributed by atoms with E-state index < -0.39 is 28.5 Å². The van der Waals surface area contributed by atoms with Crippen LogP contribution < -0.4 is 9.62 Å². The van der Waals surface area contributed by atoms with E-state index in [0.29, 0.717) is 5.69 Å². The van der Waals surface area contributed by atoms with Crippen LogP contribution in [0.5, 0.6) is 0 Å². The number of carbonyl (C=O) groups is 2. The highest BCUT2D eigenvalue weighted by atomic mass is 32.2. The minimum absolute atomic E-state index is 0.0914. The maximum Gasteiger partial charge on any atom is 0.264 e. The van der Waals surface area contributed by atoms with Gasteiger partial charge in [-0.1, -0.05) is 53.6 Å². The Kier molecular flexibility index (Phi) is 8.76. The summed E-state index contributed by atoms with van der Waals surface area (Å²) in [4.78, 5) is 27.9. The van der Waals surface area contributed by atoms with Crippen LogP contribution >= 0.6 is 0 Å². The number of aryl methyl sites for hydroxylation is 4. The third kappa shape index (κ3) is 6.57. The molecule has 0 aliphatic heterocycles. The molecule has 1 N–H and O–H groups in total. The van der Waals surface area contributed by atoms with Crippen molar-refractivity contribution < 1.29 is 18.0 Å². The average molecular weight is 522 g/mol. The topological polar surface area (TPSA) is 86.8 Å². The fourth-order valence-electron chi connectivity index (χ4n) is 4.05. The van der Waals surface area contributed by atoms with E-state index in [9.17, 15) is 18.0 Å². The second-order valence-electron chi connectivity index (χ2n) is 9.39. The summed E-state index contributed by atoms with van der Waals surface area (Å²) in [6.07, 6.45) is 0. The summed E-state index contributed by atoms with van der Waals surface area (Å²) in [5.74, 6) is -0.813. The molecule has 0 spiro atoms. The third-order valence-corrected chi connectivity index (χ3v) is 8.30. The van der Waals surface area contributed by atoms with E-state index in [-0.39, 0.29) is 17.3 Å². The number of hydrogen-bond acceptors (Lipinski definition) is 4. The van der Waals surface area contributed by atoms with E-state index in [4.69, 9.17) is 0 Å². The van der Waals surface area contributed by atoms with Gasteiger partial charge in [0.25, 0.3) is 10.0 Å². The lowest BCUT2D eigenvalue weighted by molar-refractivity contribution is -0.139. The van der Waals surface area contributed by atoms with Crippen molar-refractivity contribution >= 4 is 27.5 Å². The largest absolute Gasteiger partial charge is 0.357 e. The Balaban J connectivity index is 2.06. The van der Waals surface area contributed by atoms with Gasteiger partial charge in [-0.3, -0.25) is 13.9 Å². The molecule has 0 aliphatic rings. The van der Waals surface area contributed by atoms with Gasteiger partial charge in [-0.05, 0) is 75.6 Å². The van der Waals surface area contributed by atoms with Gasteiger partial charge in [0.1, 0.15) is 12.6 Å². The SMILES string of the molecule is CNC(=O)C(C)N(Cc1cccc(C)c1)C(=O)CN(c1ccc(C)c(C)c1)S(=O)(=O)c1ccc(C)cc1. The molecule has 3 aromatic rings. The number of nitrogens with one attached hydrogen (secondary N) is 1. The Morgan fingerprint density at radius 1 is 0.865 bits per heavy atom. The first-order valence-electron chi connectivity index (χ1n) is 12.2. The molecule has 2 amide bonds. The predicted octanol–water partition coefficient (Wildman–Crippen LogP) is 4.28. The first-order valence-corrected chi connectivity index (χ1v) is 13.6. The van der Waals surface area contributed by atoms with Gasteiger partial charge in [0.15, 0.2) is 0 Å². The summed E-state index contributed by atoms with van der Waals surface area (Å²) in [6.45, 7) is 9.03. The van der Waals surface area contributed by atoms with Crippen LogP contribution in [0.2, 0.25) is 0 Å². The molecule has 0 saturated heterocycles. The van der Waals surface area contributed by atoms with Crippen molar-refractivity contribution in [3.63, 3.8) is 0 Å². The standard InChI is InChI=1S/C29H35N3O4S/c1-20-10-14-27(15-11-20)37(35,36)32(26-13-12-22(3)23(4)17-26)19-28(33)31(24(5)29(34)30-6)18-25-9-7-8-21(2)16-25/h7-17,24H,18-19H2,1-6H3,(H,30,34). The molecule has 196 valence electrons. The molecule has 8 heteroatoms. The van der Waals surface area contributed by atoms with E-state index >= 15 is 0 Å². The van der Waals surface area contributed by atoms with E-state index in [1.165, 1.54) is 11.9 Å². The van der Waals surface area contributed by atoms with E-state index in [2.05, 4.69) is 5.32 Å². The molecule has 37 heavy (non-hydrogen) atoms. The van der Waals surface area contributed by atoms with Crippen LogP contribution in [0.4, 0.5) is 5.69 Å². The van der Waals surface area contributed by atoms with Crippen molar-refractivity contribution in [2.75, 3.05) is 17.9 Å². The average Bonchev–Trinajstić information content (AvgIpc) is 2.86. The van der Waals surface area contributed by atoms with E-state index in [0.717, 1.165) is 32.1 Å². The Bertz CT molecular complexity index is 1380. The molecule has 7 nitrogen and oxygen atoms in total. The lowest BCUT2D eigenvalue weighted by atomic mass is 10.1. The first-order chi connectivity index (χ1) is 17.4. The molecule has 3 rings (SSSR count). The number of likely N-dealkylation sites (N-methyl/N-ethyl adjacent to an activating group) is 1. The van der Waals surface area contributed by atoms with E-state index in [1.54, 1.807) is 43.3 Å². The zero-order chi connectivity index (χ0) is 27.3. The maximum absolute atomic E-state index is 13.8. The number of benzene rings is 3. The fourth-order valence-corrected chi connectivity index (χ4v) is 5.45. The minimum atomic E-state index is -4.07. The van der Waals surface area contributed by atoms with Crippen LogP contribution in [0.3, 0.4) is 0 Å². The lowest BCUT2D eigenvalue weighted by Gasteiger charge is -2.32. The summed E-state index contributed by atoms with van der Waals surface area (Å²) >= 11 is 0. The highest BCUT2D eigenvalue weighted by Gasteiger charge is 2.32. The summed E-state index contributed by atoms with van der Waals surface area (Å²) in [5, 5.41) is 2.59. The highest BCUT2D eigenvalue weighted by molar-refractivity contribution is 7.92. The molecule has 0 saturated carbocycles. The van der Waals surface area contributed by atoms with Crippen LogP contribution in [-0.2, 0) is 26.2 Å². The second kappa shape index (κ2) is 11.6. The second-order valence-corrected chi connectivity index (χ2v) is 11.3. The number of rotatable bonds is 9. The number of anilines is 1. The molecule has 0 heterocycles. The molecular weight excluding hydrogens is 486 g/mol. The predicted molar refractivity (Wildman–Crippen MR) is 147 cm³/mol. The number of carbonyl (C=O) groups excluding carboxylic acids is 2. The first kappa shape index (κ1) is 27.9. The summed E-state index contributed by atoms with van der Waals surface area (Å²) in [7, 11) is -2.56. The van der Waals surface area contributed by atoms with Gasteiger partial charge in [-0.2, -0.15) is 0 Å². The molecule has 3 aromatic carbocycles. The van der Waals surface area contributed by atoms with Gasteiger partial charge < -0.3 is 10.2 Å². The van der Waals surface area contributed by atoms with E-state index in [1.807, 2.05) is 58.0 Å². The molecule has 0 aliphatic carbocycles. The highest BCUT2D eigenvalue weighted by Crippen LogP contribution is 2.27. The van der Waals surface area contributed by atoms with Crippen molar-refractivity contribution in [3.05, 3.63) is 94.5 Å². The molecule has 0 aromatic heterocycles. The van der Waals surface area contributed by atoms with Crippen molar-refractivity contribution in [1.29, 1.82) is 0 Å². The normalized spacial score (nSPS) is 12.1. The Morgan fingerprint density at radius 2 is 1.54 bits per heavy atom. The molecule has 0 radical (unpaired) electrons. The fraction of sp³-hybridized carbons (Fsp3) is 0.310.